The van der Waals surface area contributed by atoms with Crippen molar-refractivity contribution in [1.82, 2.24) is 15.2 Å². The van der Waals surface area contributed by atoms with Gasteiger partial charge in [0.15, 0.2) is 9.47 Å². The number of anilines is 2. The van der Waals surface area contributed by atoms with E-state index in [4.69, 9.17) is 11.6 Å². The van der Waals surface area contributed by atoms with E-state index >= 15 is 0 Å². The number of benzene rings is 1. The molecule has 0 aliphatic heterocycles. The fraction of sp³-hybridized carbons (Fsp3) is 0.188. The summed E-state index contributed by atoms with van der Waals surface area (Å²) in [5.41, 5.74) is 0.359. The third-order valence-corrected chi connectivity index (χ3v) is 6.62. The van der Waals surface area contributed by atoms with Crippen molar-refractivity contribution >= 4 is 68.1 Å². The zero-order valence-electron chi connectivity index (χ0n) is 14.0. The number of halogens is 1. The van der Waals surface area contributed by atoms with Gasteiger partial charge in [0.25, 0.3) is 5.91 Å². The highest BCUT2D eigenvalue weighted by molar-refractivity contribution is 8.02. The molecule has 2 heterocycles. The Morgan fingerprint density at radius 1 is 1.22 bits per heavy atom. The van der Waals surface area contributed by atoms with E-state index in [9.17, 15) is 9.59 Å². The maximum absolute atomic E-state index is 12.4. The maximum atomic E-state index is 12.4. The smallest absolute Gasteiger partial charge is 0.259 e. The molecule has 0 fully saturated rings. The van der Waals surface area contributed by atoms with Crippen LogP contribution in [0, 0.1) is 0 Å². The molecule has 3 rings (SSSR count). The van der Waals surface area contributed by atoms with Crippen molar-refractivity contribution in [2.24, 2.45) is 0 Å². The second kappa shape index (κ2) is 9.27. The Morgan fingerprint density at radius 3 is 2.74 bits per heavy atom. The summed E-state index contributed by atoms with van der Waals surface area (Å²) in [5, 5.41) is 16.2. The molecule has 140 valence electrons. The Hall–Kier alpha value is -2.01. The average Bonchev–Trinajstić information content (AvgIpc) is 3.32. The van der Waals surface area contributed by atoms with Crippen molar-refractivity contribution in [2.75, 3.05) is 10.6 Å². The van der Waals surface area contributed by atoms with Gasteiger partial charge in [-0.05, 0) is 18.6 Å². The van der Waals surface area contributed by atoms with E-state index in [-0.39, 0.29) is 17.1 Å². The number of carbonyl (C=O) groups excluding carboxylic acids is 2. The summed E-state index contributed by atoms with van der Waals surface area (Å²) in [5.74, 6) is -0.504. The topological polar surface area (TPSA) is 96.9 Å². The first-order chi connectivity index (χ1) is 13.1. The van der Waals surface area contributed by atoms with Gasteiger partial charge < -0.3 is 5.32 Å². The Kier molecular flexibility index (Phi) is 6.78. The van der Waals surface area contributed by atoms with Gasteiger partial charge in [-0.2, -0.15) is 0 Å². The second-order valence-electron chi connectivity index (χ2n) is 5.15. The first kappa shape index (κ1) is 19.7. The van der Waals surface area contributed by atoms with Crippen LogP contribution in [0.5, 0.6) is 0 Å². The number of amides is 2. The fourth-order valence-corrected chi connectivity index (χ4v) is 4.70. The summed E-state index contributed by atoms with van der Waals surface area (Å²) in [7, 11) is 0. The predicted octanol–water partition coefficient (Wildman–Crippen LogP) is 4.41. The van der Waals surface area contributed by atoms with Crippen LogP contribution in [0.3, 0.4) is 0 Å². The Morgan fingerprint density at radius 2 is 2.04 bits per heavy atom. The number of nitrogens with one attached hydrogen (secondary N) is 2. The van der Waals surface area contributed by atoms with Gasteiger partial charge in [-0.1, -0.05) is 53.8 Å². The van der Waals surface area contributed by atoms with Gasteiger partial charge >= 0.3 is 0 Å². The summed E-state index contributed by atoms with van der Waals surface area (Å²) < 4.78 is 0.589. The summed E-state index contributed by atoms with van der Waals surface area (Å²) in [6.07, 6.45) is 2.25. The SMILES string of the molecule is CCC(Sc1nnc(NC(=O)c2ccccc2Cl)s1)C(=O)Nc1nccs1. The number of thiazole rings is 1. The molecule has 2 amide bonds. The molecule has 1 atom stereocenters. The normalized spacial score (nSPS) is 11.8. The number of rotatable bonds is 7. The first-order valence-electron chi connectivity index (χ1n) is 7.83. The van der Waals surface area contributed by atoms with Gasteiger partial charge in [0.05, 0.1) is 15.8 Å². The van der Waals surface area contributed by atoms with E-state index < -0.39 is 0 Å². The molecule has 0 spiro atoms. The minimum atomic E-state index is -0.359. The van der Waals surface area contributed by atoms with E-state index in [0.29, 0.717) is 31.6 Å². The van der Waals surface area contributed by atoms with Gasteiger partial charge in [0.2, 0.25) is 11.0 Å². The Labute approximate surface area is 172 Å². The van der Waals surface area contributed by atoms with Crippen molar-refractivity contribution in [1.29, 1.82) is 0 Å². The summed E-state index contributed by atoms with van der Waals surface area (Å²) in [4.78, 5) is 28.7. The highest BCUT2D eigenvalue weighted by atomic mass is 35.5. The van der Waals surface area contributed by atoms with Crippen LogP contribution in [-0.2, 0) is 4.79 Å². The highest BCUT2D eigenvalue weighted by Crippen LogP contribution is 2.31. The molecule has 0 bridgehead atoms. The highest BCUT2D eigenvalue weighted by Gasteiger charge is 2.21. The molecule has 1 unspecified atom stereocenters. The number of hydrogen-bond acceptors (Lipinski definition) is 8. The van der Waals surface area contributed by atoms with Crippen molar-refractivity contribution in [3.63, 3.8) is 0 Å². The van der Waals surface area contributed by atoms with E-state index in [1.807, 2.05) is 6.92 Å². The molecule has 2 aromatic heterocycles. The van der Waals surface area contributed by atoms with Crippen LogP contribution in [0.2, 0.25) is 5.02 Å². The Bertz CT molecular complexity index is 932. The summed E-state index contributed by atoms with van der Waals surface area (Å²) in [6, 6.07) is 6.75. The van der Waals surface area contributed by atoms with Gasteiger partial charge in [-0.25, -0.2) is 4.98 Å². The fourth-order valence-electron chi connectivity index (χ4n) is 2.03. The number of nitrogens with zero attached hydrogens (tertiary/aromatic N) is 3. The second-order valence-corrected chi connectivity index (χ2v) is 8.88. The van der Waals surface area contributed by atoms with Crippen molar-refractivity contribution < 1.29 is 9.59 Å². The quantitative estimate of drug-likeness (QED) is 0.418. The molecule has 3 aromatic rings. The zero-order valence-corrected chi connectivity index (χ0v) is 17.2. The predicted molar refractivity (Wildman–Crippen MR) is 110 cm³/mol. The first-order valence-corrected chi connectivity index (χ1v) is 10.8. The lowest BCUT2D eigenvalue weighted by Crippen LogP contribution is -2.24. The van der Waals surface area contributed by atoms with Crippen molar-refractivity contribution in [3.05, 3.63) is 46.4 Å². The summed E-state index contributed by atoms with van der Waals surface area (Å²) >= 11 is 9.89. The summed E-state index contributed by atoms with van der Waals surface area (Å²) in [6.45, 7) is 1.92. The molecule has 11 heteroatoms. The number of aromatic nitrogens is 3. The molecule has 7 nitrogen and oxygen atoms in total. The van der Waals surface area contributed by atoms with Gasteiger partial charge in [0, 0.05) is 11.6 Å². The van der Waals surface area contributed by atoms with Crippen molar-refractivity contribution in [3.8, 4) is 0 Å². The van der Waals surface area contributed by atoms with Crippen molar-refractivity contribution in [2.45, 2.75) is 22.9 Å². The molecular formula is C16H14ClN5O2S3. The lowest BCUT2D eigenvalue weighted by molar-refractivity contribution is -0.115. The molecule has 27 heavy (non-hydrogen) atoms. The standard InChI is InChI=1S/C16H14ClN5O2S3/c1-2-11(13(24)20-14-18-7-8-25-14)26-16-22-21-15(27-16)19-12(23)9-5-3-4-6-10(9)17/h3-8,11H,2H2,1H3,(H,18,20,24)(H,19,21,23). The van der Waals surface area contributed by atoms with Crippen LogP contribution in [-0.4, -0.2) is 32.2 Å². The monoisotopic (exact) mass is 439 g/mol. The van der Waals surface area contributed by atoms with Crippen LogP contribution in [0.4, 0.5) is 10.3 Å². The van der Waals surface area contributed by atoms with E-state index in [0.717, 1.165) is 0 Å². The van der Waals surface area contributed by atoms with Crippen LogP contribution >= 0.6 is 46.0 Å². The van der Waals surface area contributed by atoms with E-state index in [1.54, 1.807) is 35.8 Å². The molecule has 0 saturated carbocycles. The van der Waals surface area contributed by atoms with Gasteiger partial charge in [-0.3, -0.25) is 14.9 Å². The molecule has 0 aliphatic carbocycles. The van der Waals surface area contributed by atoms with Crippen LogP contribution in [0.15, 0.2) is 40.2 Å². The van der Waals surface area contributed by atoms with E-state index in [2.05, 4.69) is 25.8 Å². The lowest BCUT2D eigenvalue weighted by Gasteiger charge is -2.11. The minimum absolute atomic E-state index is 0.144. The largest absolute Gasteiger partial charge is 0.301 e. The number of carbonyl (C=O) groups is 2. The maximum Gasteiger partial charge on any atom is 0.259 e. The third kappa shape index (κ3) is 5.25. The number of hydrogen-bond donors (Lipinski definition) is 2. The number of thioether (sulfide) groups is 1. The Balaban J connectivity index is 1.62. The van der Waals surface area contributed by atoms with E-state index in [1.165, 1.54) is 34.4 Å². The molecule has 0 saturated heterocycles. The molecule has 0 radical (unpaired) electrons. The molecule has 1 aromatic carbocycles. The van der Waals surface area contributed by atoms with Crippen LogP contribution in [0.25, 0.3) is 0 Å². The van der Waals surface area contributed by atoms with Gasteiger partial charge in [0.1, 0.15) is 0 Å². The average molecular weight is 440 g/mol. The van der Waals surface area contributed by atoms with Crippen LogP contribution < -0.4 is 10.6 Å². The minimum Gasteiger partial charge on any atom is -0.301 e. The van der Waals surface area contributed by atoms with Gasteiger partial charge in [-0.15, -0.1) is 21.5 Å². The third-order valence-electron chi connectivity index (χ3n) is 3.31. The molecular weight excluding hydrogens is 426 g/mol. The molecule has 0 aliphatic rings. The molecule has 2 N–H and O–H groups in total. The lowest BCUT2D eigenvalue weighted by atomic mass is 10.2. The van der Waals surface area contributed by atoms with Crippen LogP contribution in [0.1, 0.15) is 23.7 Å². The zero-order chi connectivity index (χ0) is 19.2.